The van der Waals surface area contributed by atoms with E-state index in [1.54, 1.807) is 29.5 Å². The van der Waals surface area contributed by atoms with Gasteiger partial charge in [-0.15, -0.1) is 11.3 Å². The van der Waals surface area contributed by atoms with E-state index in [-0.39, 0.29) is 11.5 Å². The standard InChI is InChI=1S/C24H23N3O4S/c1-26-13-17(16-11-14(23(28)29)8-9-19(16)26)21(24(30)31)27-10-4-5-15(12-27)22-25-18-6-2-3-7-20(18)32-22/h2-3,6-9,11,13,15,21H,4-5,10,12H2,1H3,(H,28,29)(H,30,31)/t15-,21-/m1/s1. The Morgan fingerprint density at radius 2 is 2.00 bits per heavy atom. The Hall–Kier alpha value is -3.23. The summed E-state index contributed by atoms with van der Waals surface area (Å²) >= 11 is 1.68. The molecule has 1 fully saturated rings. The first kappa shape index (κ1) is 20.7. The normalized spacial score (nSPS) is 18.2. The van der Waals surface area contributed by atoms with Crippen LogP contribution in [0.4, 0.5) is 0 Å². The van der Waals surface area contributed by atoms with Crippen LogP contribution in [0.15, 0.2) is 48.7 Å². The highest BCUT2D eigenvalue weighted by Gasteiger charge is 2.35. The van der Waals surface area contributed by atoms with Crippen molar-refractivity contribution >= 4 is 44.4 Å². The van der Waals surface area contributed by atoms with Crippen LogP contribution in [-0.2, 0) is 11.8 Å². The van der Waals surface area contributed by atoms with Gasteiger partial charge in [0.1, 0.15) is 6.04 Å². The Morgan fingerprint density at radius 3 is 2.75 bits per heavy atom. The van der Waals surface area contributed by atoms with E-state index in [0.717, 1.165) is 33.6 Å². The van der Waals surface area contributed by atoms with Crippen molar-refractivity contribution in [2.45, 2.75) is 24.8 Å². The Labute approximate surface area is 188 Å². The molecule has 1 aliphatic rings. The summed E-state index contributed by atoms with van der Waals surface area (Å²) in [6, 6.07) is 12.1. The molecule has 2 atom stereocenters. The van der Waals surface area contributed by atoms with Crippen LogP contribution in [0.2, 0.25) is 0 Å². The maximum atomic E-state index is 12.5. The van der Waals surface area contributed by atoms with Crippen molar-refractivity contribution in [3.63, 3.8) is 0 Å². The molecule has 164 valence electrons. The van der Waals surface area contributed by atoms with Gasteiger partial charge in [0.15, 0.2) is 0 Å². The fourth-order valence-corrected chi connectivity index (χ4v) is 5.86. The van der Waals surface area contributed by atoms with E-state index in [9.17, 15) is 19.8 Å². The molecular formula is C24H23N3O4S. The zero-order chi connectivity index (χ0) is 22.4. The highest BCUT2D eigenvalue weighted by Crippen LogP contribution is 2.38. The Morgan fingerprint density at radius 1 is 1.19 bits per heavy atom. The number of benzene rings is 2. The molecule has 32 heavy (non-hydrogen) atoms. The molecule has 2 N–H and O–H groups in total. The molecule has 0 aliphatic carbocycles. The molecule has 5 rings (SSSR count). The molecule has 4 aromatic rings. The Kier molecular flexibility index (Phi) is 5.19. The monoisotopic (exact) mass is 449 g/mol. The highest BCUT2D eigenvalue weighted by molar-refractivity contribution is 7.18. The van der Waals surface area contributed by atoms with Crippen LogP contribution in [0, 0.1) is 0 Å². The molecule has 0 saturated carbocycles. The Bertz CT molecular complexity index is 1310. The second-order valence-electron chi connectivity index (χ2n) is 8.33. The number of aliphatic carboxylic acids is 1. The minimum absolute atomic E-state index is 0.153. The number of aromatic carboxylic acids is 1. The maximum Gasteiger partial charge on any atom is 0.335 e. The fraction of sp³-hybridized carbons (Fsp3) is 0.292. The number of carboxylic acids is 2. The number of aryl methyl sites for hydroxylation is 1. The lowest BCUT2D eigenvalue weighted by molar-refractivity contribution is -0.144. The second-order valence-corrected chi connectivity index (χ2v) is 9.39. The van der Waals surface area contributed by atoms with Gasteiger partial charge in [-0.2, -0.15) is 0 Å². The smallest absolute Gasteiger partial charge is 0.335 e. The van der Waals surface area contributed by atoms with Gasteiger partial charge in [0.2, 0.25) is 0 Å². The highest BCUT2D eigenvalue weighted by atomic mass is 32.1. The first-order valence-corrected chi connectivity index (χ1v) is 11.4. The van der Waals surface area contributed by atoms with E-state index in [0.29, 0.717) is 24.0 Å². The van der Waals surface area contributed by atoms with Gasteiger partial charge in [-0.25, -0.2) is 9.78 Å². The van der Waals surface area contributed by atoms with E-state index < -0.39 is 18.0 Å². The summed E-state index contributed by atoms with van der Waals surface area (Å²) in [5, 5.41) is 21.4. The quantitative estimate of drug-likeness (QED) is 0.466. The van der Waals surface area contributed by atoms with Gasteiger partial charge in [0, 0.05) is 42.2 Å². The molecule has 1 aliphatic heterocycles. The van der Waals surface area contributed by atoms with E-state index in [2.05, 4.69) is 6.07 Å². The molecule has 0 radical (unpaired) electrons. The average Bonchev–Trinajstić information content (AvgIpc) is 3.35. The summed E-state index contributed by atoms with van der Waals surface area (Å²) in [7, 11) is 1.85. The number of hydrogen-bond donors (Lipinski definition) is 2. The number of carboxylic acid groups (broad SMARTS) is 2. The van der Waals surface area contributed by atoms with Crippen LogP contribution in [-0.4, -0.2) is 49.7 Å². The third-order valence-electron chi connectivity index (χ3n) is 6.27. The third kappa shape index (κ3) is 3.55. The van der Waals surface area contributed by atoms with E-state index >= 15 is 0 Å². The largest absolute Gasteiger partial charge is 0.480 e. The molecule has 3 heterocycles. The van der Waals surface area contributed by atoms with Crippen LogP contribution >= 0.6 is 11.3 Å². The van der Waals surface area contributed by atoms with Crippen molar-refractivity contribution in [1.29, 1.82) is 0 Å². The van der Waals surface area contributed by atoms with E-state index in [1.165, 1.54) is 0 Å². The van der Waals surface area contributed by atoms with Gasteiger partial charge < -0.3 is 14.8 Å². The summed E-state index contributed by atoms with van der Waals surface area (Å²) in [4.78, 5) is 30.8. The van der Waals surface area contributed by atoms with Crippen molar-refractivity contribution in [1.82, 2.24) is 14.5 Å². The van der Waals surface area contributed by atoms with Gasteiger partial charge in [-0.05, 0) is 49.7 Å². The Balaban J connectivity index is 1.52. The molecule has 0 amide bonds. The number of piperidine rings is 1. The molecule has 2 aromatic carbocycles. The SMILES string of the molecule is Cn1cc([C@H](C(=O)O)N2CCC[C@@H](c3nc4ccccc4s3)C2)c2cc(C(=O)O)ccc21. The van der Waals surface area contributed by atoms with Gasteiger partial charge in [-0.3, -0.25) is 9.69 Å². The first-order chi connectivity index (χ1) is 15.4. The van der Waals surface area contributed by atoms with Crippen molar-refractivity contribution in [3.8, 4) is 0 Å². The number of hydrogen-bond acceptors (Lipinski definition) is 5. The van der Waals surface area contributed by atoms with E-state index in [4.69, 9.17) is 4.98 Å². The van der Waals surface area contributed by atoms with Crippen molar-refractivity contribution < 1.29 is 19.8 Å². The van der Waals surface area contributed by atoms with Gasteiger partial charge in [0.05, 0.1) is 20.8 Å². The summed E-state index contributed by atoms with van der Waals surface area (Å²) in [6.07, 6.45) is 3.67. The number of likely N-dealkylation sites (tertiary alicyclic amines) is 1. The second kappa shape index (κ2) is 8.03. The van der Waals surface area contributed by atoms with Crippen molar-refractivity contribution in [2.75, 3.05) is 13.1 Å². The minimum Gasteiger partial charge on any atom is -0.480 e. The number of para-hydroxylation sites is 1. The molecular weight excluding hydrogens is 426 g/mol. The molecule has 1 saturated heterocycles. The lowest BCUT2D eigenvalue weighted by Gasteiger charge is -2.35. The topological polar surface area (TPSA) is 95.7 Å². The van der Waals surface area contributed by atoms with Crippen LogP contribution in [0.5, 0.6) is 0 Å². The number of aromatic nitrogens is 2. The number of nitrogens with zero attached hydrogens (tertiary/aromatic N) is 3. The molecule has 7 nitrogen and oxygen atoms in total. The molecule has 0 bridgehead atoms. The number of thiazole rings is 1. The summed E-state index contributed by atoms with van der Waals surface area (Å²) in [5.41, 5.74) is 2.58. The predicted molar refractivity (Wildman–Crippen MR) is 123 cm³/mol. The zero-order valence-corrected chi connectivity index (χ0v) is 18.4. The molecule has 0 spiro atoms. The lowest BCUT2D eigenvalue weighted by Crippen LogP contribution is -2.40. The number of rotatable bonds is 5. The summed E-state index contributed by atoms with van der Waals surface area (Å²) in [5.74, 6) is -1.78. The zero-order valence-electron chi connectivity index (χ0n) is 17.6. The number of fused-ring (bicyclic) bond motifs is 2. The predicted octanol–water partition coefficient (Wildman–Crippen LogP) is 4.49. The van der Waals surface area contributed by atoms with E-state index in [1.807, 2.05) is 40.9 Å². The minimum atomic E-state index is -1.03. The van der Waals surface area contributed by atoms with Gasteiger partial charge >= 0.3 is 11.9 Å². The van der Waals surface area contributed by atoms with Gasteiger partial charge in [0.25, 0.3) is 0 Å². The van der Waals surface area contributed by atoms with Crippen LogP contribution in [0.1, 0.15) is 45.7 Å². The fourth-order valence-electron chi connectivity index (χ4n) is 4.77. The average molecular weight is 450 g/mol. The van der Waals surface area contributed by atoms with Crippen molar-refractivity contribution in [3.05, 3.63) is 64.8 Å². The first-order valence-electron chi connectivity index (χ1n) is 10.6. The lowest BCUT2D eigenvalue weighted by atomic mass is 9.94. The van der Waals surface area contributed by atoms with Crippen LogP contribution < -0.4 is 0 Å². The molecule has 2 aromatic heterocycles. The summed E-state index contributed by atoms with van der Waals surface area (Å²) in [6.45, 7) is 1.28. The van der Waals surface area contributed by atoms with Crippen molar-refractivity contribution in [2.24, 2.45) is 7.05 Å². The maximum absolute atomic E-state index is 12.5. The van der Waals surface area contributed by atoms with Crippen LogP contribution in [0.25, 0.3) is 21.1 Å². The van der Waals surface area contributed by atoms with Gasteiger partial charge in [-0.1, -0.05) is 12.1 Å². The summed E-state index contributed by atoms with van der Waals surface area (Å²) < 4.78 is 3.01. The molecule has 8 heteroatoms. The number of carbonyl (C=O) groups is 2. The van der Waals surface area contributed by atoms with Crippen LogP contribution in [0.3, 0.4) is 0 Å². The molecule has 0 unspecified atom stereocenters. The third-order valence-corrected chi connectivity index (χ3v) is 7.47.